The van der Waals surface area contributed by atoms with E-state index in [4.69, 9.17) is 0 Å². The molecule has 2 amide bonds. The molecular weight excluding hydrogens is 242 g/mol. The molecule has 2 heterocycles. The summed E-state index contributed by atoms with van der Waals surface area (Å²) in [4.78, 5) is 28.0. The van der Waals surface area contributed by atoms with Crippen molar-refractivity contribution in [3.05, 3.63) is 0 Å². The predicted octanol–water partition coefficient (Wildman–Crippen LogP) is 0.455. The smallest absolute Gasteiger partial charge is 0.239 e. The van der Waals surface area contributed by atoms with Gasteiger partial charge in [0, 0.05) is 32.6 Å². The first-order chi connectivity index (χ1) is 9.08. The molecule has 2 aliphatic heterocycles. The van der Waals surface area contributed by atoms with Crippen molar-refractivity contribution in [2.24, 2.45) is 5.92 Å². The summed E-state index contributed by atoms with van der Waals surface area (Å²) in [5.74, 6) is 0.837. The van der Waals surface area contributed by atoms with E-state index in [2.05, 4.69) is 19.2 Å². The minimum atomic E-state index is 0.0120. The highest BCUT2D eigenvalue weighted by Gasteiger charge is 2.30. The van der Waals surface area contributed by atoms with Gasteiger partial charge in [0.25, 0.3) is 0 Å². The average molecular weight is 267 g/mol. The highest BCUT2D eigenvalue weighted by atomic mass is 16.2. The molecular formula is C14H25N3O2. The Balaban J connectivity index is 1.78. The first-order valence-corrected chi connectivity index (χ1v) is 7.38. The summed E-state index contributed by atoms with van der Waals surface area (Å²) >= 11 is 0. The summed E-state index contributed by atoms with van der Waals surface area (Å²) < 4.78 is 0. The molecule has 0 saturated carbocycles. The fourth-order valence-corrected chi connectivity index (χ4v) is 2.77. The lowest BCUT2D eigenvalue weighted by Gasteiger charge is -2.36. The number of hydrogen-bond acceptors (Lipinski definition) is 3. The number of hydrogen-bond donors (Lipinski definition) is 1. The van der Waals surface area contributed by atoms with Crippen LogP contribution in [0.3, 0.4) is 0 Å². The molecule has 1 N–H and O–H groups in total. The zero-order valence-electron chi connectivity index (χ0n) is 12.0. The Kier molecular flexibility index (Phi) is 4.80. The highest BCUT2D eigenvalue weighted by Crippen LogP contribution is 2.12. The normalized spacial score (nSPS) is 24.1. The summed E-state index contributed by atoms with van der Waals surface area (Å²) in [7, 11) is 0. The van der Waals surface area contributed by atoms with Crippen molar-refractivity contribution >= 4 is 11.8 Å². The van der Waals surface area contributed by atoms with E-state index < -0.39 is 0 Å². The third-order valence-corrected chi connectivity index (χ3v) is 3.89. The Hall–Kier alpha value is -1.10. The van der Waals surface area contributed by atoms with Gasteiger partial charge in [0.05, 0.1) is 6.04 Å². The van der Waals surface area contributed by atoms with Gasteiger partial charge in [-0.1, -0.05) is 13.8 Å². The molecule has 0 radical (unpaired) electrons. The van der Waals surface area contributed by atoms with E-state index in [9.17, 15) is 9.59 Å². The lowest BCUT2D eigenvalue weighted by atomic mass is 10.1. The number of rotatable bonds is 3. The summed E-state index contributed by atoms with van der Waals surface area (Å²) in [6, 6.07) is 0.0120. The van der Waals surface area contributed by atoms with E-state index >= 15 is 0 Å². The van der Waals surface area contributed by atoms with Crippen LogP contribution in [0.1, 0.15) is 33.1 Å². The summed E-state index contributed by atoms with van der Waals surface area (Å²) in [5, 5.41) is 3.24. The van der Waals surface area contributed by atoms with Gasteiger partial charge in [-0.2, -0.15) is 0 Å². The standard InChI is InChI=1S/C14H25N3O2/c1-11(2)10-13(18)16-6-8-17(9-7-16)14(19)12-4-3-5-15-12/h11-12,15H,3-10H2,1-2H3/t12-/m1/s1. The van der Waals surface area contributed by atoms with Crippen LogP contribution in [0.2, 0.25) is 0 Å². The minimum Gasteiger partial charge on any atom is -0.339 e. The molecule has 108 valence electrons. The lowest BCUT2D eigenvalue weighted by Crippen LogP contribution is -2.54. The van der Waals surface area contributed by atoms with Crippen LogP contribution in [-0.2, 0) is 9.59 Å². The van der Waals surface area contributed by atoms with Gasteiger partial charge >= 0.3 is 0 Å². The van der Waals surface area contributed by atoms with Crippen molar-refractivity contribution in [3.63, 3.8) is 0 Å². The second-order valence-corrected chi connectivity index (χ2v) is 5.95. The van der Waals surface area contributed by atoms with Crippen molar-refractivity contribution in [3.8, 4) is 0 Å². The van der Waals surface area contributed by atoms with Crippen LogP contribution in [0.5, 0.6) is 0 Å². The number of carbonyl (C=O) groups is 2. The molecule has 0 unspecified atom stereocenters. The van der Waals surface area contributed by atoms with E-state index in [0.29, 0.717) is 38.5 Å². The molecule has 0 aliphatic carbocycles. The van der Waals surface area contributed by atoms with Crippen LogP contribution in [0.4, 0.5) is 0 Å². The SMILES string of the molecule is CC(C)CC(=O)N1CCN(C(=O)[C@H]2CCCN2)CC1. The van der Waals surface area contributed by atoms with Crippen molar-refractivity contribution in [1.82, 2.24) is 15.1 Å². The maximum atomic E-state index is 12.2. The highest BCUT2D eigenvalue weighted by molar-refractivity contribution is 5.83. The van der Waals surface area contributed by atoms with E-state index in [1.165, 1.54) is 0 Å². The fraction of sp³-hybridized carbons (Fsp3) is 0.857. The molecule has 0 spiro atoms. The third kappa shape index (κ3) is 3.69. The molecule has 2 fully saturated rings. The molecule has 0 aromatic rings. The molecule has 2 aliphatic rings. The van der Waals surface area contributed by atoms with Crippen LogP contribution >= 0.6 is 0 Å². The van der Waals surface area contributed by atoms with Gasteiger partial charge in [-0.3, -0.25) is 9.59 Å². The van der Waals surface area contributed by atoms with Gasteiger partial charge in [-0.25, -0.2) is 0 Å². The summed E-state index contributed by atoms with van der Waals surface area (Å²) in [6.07, 6.45) is 2.65. The molecule has 0 bridgehead atoms. The van der Waals surface area contributed by atoms with Gasteiger partial charge in [0.15, 0.2) is 0 Å². The number of nitrogens with one attached hydrogen (secondary N) is 1. The van der Waals surface area contributed by atoms with E-state index in [-0.39, 0.29) is 17.9 Å². The lowest BCUT2D eigenvalue weighted by molar-refractivity contribution is -0.141. The maximum absolute atomic E-state index is 12.2. The Bertz CT molecular complexity index is 330. The van der Waals surface area contributed by atoms with Crippen molar-refractivity contribution in [2.45, 2.75) is 39.2 Å². The molecule has 2 saturated heterocycles. The summed E-state index contributed by atoms with van der Waals surface area (Å²) in [6.45, 7) is 7.80. The summed E-state index contributed by atoms with van der Waals surface area (Å²) in [5.41, 5.74) is 0. The Labute approximate surface area is 115 Å². The van der Waals surface area contributed by atoms with E-state index in [0.717, 1.165) is 19.4 Å². The molecule has 0 aromatic carbocycles. The van der Waals surface area contributed by atoms with Gasteiger partial charge in [0.2, 0.25) is 11.8 Å². The third-order valence-electron chi connectivity index (χ3n) is 3.89. The zero-order valence-corrected chi connectivity index (χ0v) is 12.0. The van der Waals surface area contributed by atoms with Crippen LogP contribution < -0.4 is 5.32 Å². The van der Waals surface area contributed by atoms with Crippen LogP contribution in [0.15, 0.2) is 0 Å². The van der Waals surface area contributed by atoms with Gasteiger partial charge < -0.3 is 15.1 Å². The molecule has 0 aromatic heterocycles. The van der Waals surface area contributed by atoms with Crippen molar-refractivity contribution in [2.75, 3.05) is 32.7 Å². The first-order valence-electron chi connectivity index (χ1n) is 7.38. The molecule has 5 nitrogen and oxygen atoms in total. The Morgan fingerprint density at radius 3 is 2.32 bits per heavy atom. The zero-order chi connectivity index (χ0) is 13.8. The number of nitrogens with zero attached hydrogens (tertiary/aromatic N) is 2. The molecule has 19 heavy (non-hydrogen) atoms. The second-order valence-electron chi connectivity index (χ2n) is 5.95. The second kappa shape index (κ2) is 6.37. The fourth-order valence-electron chi connectivity index (χ4n) is 2.77. The molecule has 2 rings (SSSR count). The van der Waals surface area contributed by atoms with Crippen LogP contribution in [0.25, 0.3) is 0 Å². The average Bonchev–Trinajstić information content (AvgIpc) is 2.91. The van der Waals surface area contributed by atoms with E-state index in [1.807, 2.05) is 9.80 Å². The maximum Gasteiger partial charge on any atom is 0.239 e. The number of carbonyl (C=O) groups excluding carboxylic acids is 2. The predicted molar refractivity (Wildman–Crippen MR) is 73.6 cm³/mol. The van der Waals surface area contributed by atoms with Crippen molar-refractivity contribution in [1.29, 1.82) is 0 Å². The topological polar surface area (TPSA) is 52.7 Å². The molecule has 1 atom stereocenters. The van der Waals surface area contributed by atoms with Crippen LogP contribution in [0, 0.1) is 5.92 Å². The number of amides is 2. The van der Waals surface area contributed by atoms with Gasteiger partial charge in [0.1, 0.15) is 0 Å². The van der Waals surface area contributed by atoms with Crippen molar-refractivity contribution < 1.29 is 9.59 Å². The molecule has 5 heteroatoms. The largest absolute Gasteiger partial charge is 0.339 e. The monoisotopic (exact) mass is 267 g/mol. The van der Waals surface area contributed by atoms with Gasteiger partial charge in [-0.15, -0.1) is 0 Å². The number of piperazine rings is 1. The van der Waals surface area contributed by atoms with Crippen LogP contribution in [-0.4, -0.2) is 60.4 Å². The van der Waals surface area contributed by atoms with E-state index in [1.54, 1.807) is 0 Å². The Morgan fingerprint density at radius 2 is 1.79 bits per heavy atom. The van der Waals surface area contributed by atoms with Gasteiger partial charge in [-0.05, 0) is 25.3 Å². The quantitative estimate of drug-likeness (QED) is 0.808. The first kappa shape index (κ1) is 14.3. The Morgan fingerprint density at radius 1 is 1.16 bits per heavy atom. The minimum absolute atomic E-state index is 0.0120.